The molecule has 0 aromatic carbocycles. The molecule has 0 aliphatic carbocycles. The molecule has 38 heavy (non-hydrogen) atoms. The standard InChI is InChI=1S/C27H34Cl2N6O3/c1-8-17-9-10-30-20(15(2)3)21(17)35-24-18(13-19(28)22(29)31-24)23(32-25(35)36)34-12-11-33(14-16(34)4)26(37)38-27(5,6)7/h9-10,13,15-16H,8,11-12,14H2,1-7H3/t16-/m0/s1. The lowest BCUT2D eigenvalue weighted by atomic mass is 10.0. The Labute approximate surface area is 232 Å². The summed E-state index contributed by atoms with van der Waals surface area (Å²) in [7, 11) is 0. The molecule has 4 heterocycles. The number of hydrogen-bond acceptors (Lipinski definition) is 7. The maximum absolute atomic E-state index is 13.8. The maximum atomic E-state index is 13.8. The number of carbonyl (C=O) groups excluding carboxylic acids is 1. The molecule has 3 aromatic heterocycles. The van der Waals surface area contributed by atoms with E-state index in [2.05, 4.69) is 15.0 Å². The number of carbonyl (C=O) groups is 1. The monoisotopic (exact) mass is 560 g/mol. The Bertz CT molecular complexity index is 1430. The Kier molecular flexibility index (Phi) is 7.91. The average molecular weight is 562 g/mol. The highest BCUT2D eigenvalue weighted by Crippen LogP contribution is 2.34. The minimum Gasteiger partial charge on any atom is -0.444 e. The van der Waals surface area contributed by atoms with Crippen molar-refractivity contribution in [3.05, 3.63) is 50.2 Å². The van der Waals surface area contributed by atoms with Crippen LogP contribution in [0.3, 0.4) is 0 Å². The Hall–Kier alpha value is -2.91. The fourth-order valence-electron chi connectivity index (χ4n) is 4.75. The lowest BCUT2D eigenvalue weighted by molar-refractivity contribution is 0.0218. The number of rotatable bonds is 4. The van der Waals surface area contributed by atoms with E-state index < -0.39 is 11.3 Å². The van der Waals surface area contributed by atoms with Crippen LogP contribution < -0.4 is 10.6 Å². The quantitative estimate of drug-likeness (QED) is 0.382. The fourth-order valence-corrected chi connectivity index (χ4v) is 5.03. The van der Waals surface area contributed by atoms with E-state index in [0.717, 1.165) is 11.3 Å². The third-order valence-corrected chi connectivity index (χ3v) is 7.17. The van der Waals surface area contributed by atoms with Crippen LogP contribution in [-0.4, -0.2) is 61.8 Å². The van der Waals surface area contributed by atoms with E-state index in [1.165, 1.54) is 4.57 Å². The molecule has 0 N–H and O–H groups in total. The smallest absolute Gasteiger partial charge is 0.410 e. The van der Waals surface area contributed by atoms with E-state index in [1.807, 2.05) is 59.4 Å². The van der Waals surface area contributed by atoms with Crippen LogP contribution in [0.1, 0.15) is 65.6 Å². The van der Waals surface area contributed by atoms with Crippen molar-refractivity contribution in [2.24, 2.45) is 0 Å². The van der Waals surface area contributed by atoms with Gasteiger partial charge in [-0.2, -0.15) is 4.98 Å². The first kappa shape index (κ1) is 28.1. The lowest BCUT2D eigenvalue weighted by Crippen LogP contribution is -2.55. The molecule has 0 saturated carbocycles. The number of halogens is 2. The van der Waals surface area contributed by atoms with Crippen molar-refractivity contribution in [2.75, 3.05) is 24.5 Å². The van der Waals surface area contributed by atoms with Gasteiger partial charge in [0.05, 0.1) is 21.8 Å². The zero-order valence-electron chi connectivity index (χ0n) is 22.9. The molecule has 1 fully saturated rings. The summed E-state index contributed by atoms with van der Waals surface area (Å²) in [5, 5.41) is 0.955. The topological polar surface area (TPSA) is 93.5 Å². The van der Waals surface area contributed by atoms with Crippen molar-refractivity contribution in [3.8, 4) is 5.69 Å². The van der Waals surface area contributed by atoms with Crippen molar-refractivity contribution in [1.82, 2.24) is 24.4 Å². The summed E-state index contributed by atoms with van der Waals surface area (Å²) in [6.07, 6.45) is 2.09. The third-order valence-electron chi connectivity index (χ3n) is 6.50. The summed E-state index contributed by atoms with van der Waals surface area (Å²) in [6, 6.07) is 3.46. The number of anilines is 1. The highest BCUT2D eigenvalue weighted by molar-refractivity contribution is 6.41. The first-order chi connectivity index (χ1) is 17.8. The molecule has 9 nitrogen and oxygen atoms in total. The maximum Gasteiger partial charge on any atom is 0.410 e. The number of hydrogen-bond donors (Lipinski definition) is 0. The Morgan fingerprint density at radius 2 is 1.92 bits per heavy atom. The Morgan fingerprint density at radius 1 is 1.21 bits per heavy atom. The SMILES string of the molecule is CCc1ccnc(C(C)C)c1-n1c(=O)nc(N2CCN(C(=O)OC(C)(C)C)C[C@@H]2C)c2cc(Cl)c(Cl)nc21. The van der Waals surface area contributed by atoms with Gasteiger partial charge >= 0.3 is 11.8 Å². The molecular weight excluding hydrogens is 527 g/mol. The number of piperazine rings is 1. The molecule has 0 bridgehead atoms. The van der Waals surface area contributed by atoms with Crippen LogP contribution in [0.2, 0.25) is 10.2 Å². The zero-order valence-corrected chi connectivity index (χ0v) is 24.4. The molecule has 4 rings (SSSR count). The molecule has 0 spiro atoms. The van der Waals surface area contributed by atoms with Gasteiger partial charge in [-0.25, -0.2) is 19.1 Å². The van der Waals surface area contributed by atoms with Gasteiger partial charge in [-0.1, -0.05) is 44.0 Å². The van der Waals surface area contributed by atoms with Gasteiger partial charge in [-0.15, -0.1) is 0 Å². The highest BCUT2D eigenvalue weighted by Gasteiger charge is 2.32. The predicted octanol–water partition coefficient (Wildman–Crippen LogP) is 5.61. The van der Waals surface area contributed by atoms with Crippen LogP contribution in [0.15, 0.2) is 23.1 Å². The molecule has 1 aliphatic heterocycles. The number of fused-ring (bicyclic) bond motifs is 1. The molecule has 0 radical (unpaired) electrons. The van der Waals surface area contributed by atoms with Crippen LogP contribution in [-0.2, 0) is 11.2 Å². The van der Waals surface area contributed by atoms with Gasteiger partial charge < -0.3 is 14.5 Å². The van der Waals surface area contributed by atoms with E-state index in [1.54, 1.807) is 17.2 Å². The van der Waals surface area contributed by atoms with E-state index >= 15 is 0 Å². The van der Waals surface area contributed by atoms with Crippen molar-refractivity contribution in [3.63, 3.8) is 0 Å². The van der Waals surface area contributed by atoms with Crippen LogP contribution in [0.5, 0.6) is 0 Å². The molecule has 1 atom stereocenters. The van der Waals surface area contributed by atoms with Crippen molar-refractivity contribution in [1.29, 1.82) is 0 Å². The second-order valence-electron chi connectivity index (χ2n) is 10.9. The number of nitrogens with zero attached hydrogens (tertiary/aromatic N) is 6. The van der Waals surface area contributed by atoms with E-state index in [9.17, 15) is 9.59 Å². The average Bonchev–Trinajstić information content (AvgIpc) is 2.83. The van der Waals surface area contributed by atoms with Gasteiger partial charge in [-0.05, 0) is 57.7 Å². The Balaban J connectivity index is 1.86. The van der Waals surface area contributed by atoms with Crippen molar-refractivity contribution in [2.45, 2.75) is 72.4 Å². The van der Waals surface area contributed by atoms with Crippen LogP contribution >= 0.6 is 23.2 Å². The van der Waals surface area contributed by atoms with Gasteiger partial charge in [0.1, 0.15) is 16.6 Å². The van der Waals surface area contributed by atoms with E-state index in [-0.39, 0.29) is 28.2 Å². The lowest BCUT2D eigenvalue weighted by Gasteiger charge is -2.41. The van der Waals surface area contributed by atoms with Gasteiger partial charge in [0.25, 0.3) is 0 Å². The molecular formula is C27H34Cl2N6O3. The van der Waals surface area contributed by atoms with Gasteiger partial charge in [-0.3, -0.25) is 4.98 Å². The zero-order chi connectivity index (χ0) is 27.9. The first-order valence-electron chi connectivity index (χ1n) is 12.8. The molecule has 1 saturated heterocycles. The molecule has 0 unspecified atom stereocenters. The number of aryl methyl sites for hydroxylation is 1. The third kappa shape index (κ3) is 5.45. The fraction of sp³-hybridized carbons (Fsp3) is 0.519. The molecule has 1 aliphatic rings. The van der Waals surface area contributed by atoms with Crippen molar-refractivity contribution < 1.29 is 9.53 Å². The minimum absolute atomic E-state index is 0.0573. The molecule has 204 valence electrons. The normalized spacial score (nSPS) is 16.4. The number of pyridine rings is 2. The largest absolute Gasteiger partial charge is 0.444 e. The van der Waals surface area contributed by atoms with E-state index in [0.29, 0.717) is 48.6 Å². The van der Waals surface area contributed by atoms with Gasteiger partial charge in [0.15, 0.2) is 5.65 Å². The van der Waals surface area contributed by atoms with Crippen LogP contribution in [0.4, 0.5) is 10.6 Å². The molecule has 11 heteroatoms. The summed E-state index contributed by atoms with van der Waals surface area (Å²) < 4.78 is 7.06. The number of aromatic nitrogens is 4. The molecule has 1 amide bonds. The number of ether oxygens (including phenoxy) is 1. The summed E-state index contributed by atoms with van der Waals surface area (Å²) in [4.78, 5) is 43.8. The van der Waals surface area contributed by atoms with E-state index in [4.69, 9.17) is 27.9 Å². The predicted molar refractivity (Wildman–Crippen MR) is 151 cm³/mol. The van der Waals surface area contributed by atoms with Gasteiger partial charge in [0, 0.05) is 31.9 Å². The summed E-state index contributed by atoms with van der Waals surface area (Å²) in [6.45, 7) is 14.9. The number of amides is 1. The minimum atomic E-state index is -0.583. The van der Waals surface area contributed by atoms with Crippen molar-refractivity contribution >= 4 is 46.1 Å². The second kappa shape index (κ2) is 10.7. The Morgan fingerprint density at radius 3 is 2.53 bits per heavy atom. The highest BCUT2D eigenvalue weighted by atomic mass is 35.5. The molecule has 3 aromatic rings. The summed E-state index contributed by atoms with van der Waals surface area (Å²) in [5.41, 5.74) is 1.70. The summed E-state index contributed by atoms with van der Waals surface area (Å²) >= 11 is 12.8. The van der Waals surface area contributed by atoms with Gasteiger partial charge in [0.2, 0.25) is 0 Å². The van der Waals surface area contributed by atoms with Crippen LogP contribution in [0, 0.1) is 0 Å². The summed E-state index contributed by atoms with van der Waals surface area (Å²) in [5.74, 6) is 0.513. The van der Waals surface area contributed by atoms with Crippen LogP contribution in [0.25, 0.3) is 16.7 Å². The first-order valence-corrected chi connectivity index (χ1v) is 13.6. The second-order valence-corrected chi connectivity index (χ2v) is 11.6.